The van der Waals surface area contributed by atoms with Crippen molar-refractivity contribution in [3.8, 4) is 0 Å². The molecule has 1 unspecified atom stereocenters. The van der Waals surface area contributed by atoms with Gasteiger partial charge in [0.2, 0.25) is 0 Å². The quantitative estimate of drug-likeness (QED) is 0.226. The van der Waals surface area contributed by atoms with E-state index in [0.29, 0.717) is 28.9 Å². The lowest BCUT2D eigenvalue weighted by Crippen LogP contribution is -2.21. The van der Waals surface area contributed by atoms with Gasteiger partial charge in [-0.15, -0.1) is 0 Å². The average Bonchev–Trinajstić information content (AvgIpc) is 3.39. The Morgan fingerprint density at radius 1 is 0.886 bits per heavy atom. The summed E-state index contributed by atoms with van der Waals surface area (Å²) in [4.78, 5) is 27.9. The van der Waals surface area contributed by atoms with Crippen LogP contribution in [0.1, 0.15) is 33.8 Å². The highest BCUT2D eigenvalue weighted by Crippen LogP contribution is 2.33. The van der Waals surface area contributed by atoms with Crippen molar-refractivity contribution in [3.63, 3.8) is 0 Å². The number of carbonyl (C=O) groups excluding carboxylic acids is 1. The number of fused-ring (bicyclic) bond motifs is 2. The molecule has 0 radical (unpaired) electrons. The van der Waals surface area contributed by atoms with Crippen LogP contribution in [-0.4, -0.2) is 18.9 Å². The Hall–Kier alpha value is -4.18. The number of para-hydroxylation sites is 1. The molecule has 4 aromatic carbocycles. The van der Waals surface area contributed by atoms with Crippen molar-refractivity contribution in [2.75, 3.05) is 18.0 Å². The minimum atomic E-state index is -0.0682. The van der Waals surface area contributed by atoms with Crippen LogP contribution in [0.15, 0.2) is 106 Å². The average molecular weight is 460 g/mol. The van der Waals surface area contributed by atoms with Crippen molar-refractivity contribution in [2.24, 2.45) is 0 Å². The highest BCUT2D eigenvalue weighted by Gasteiger charge is 2.25. The first kappa shape index (κ1) is 21.4. The molecule has 6 rings (SSSR count). The molecule has 0 amide bonds. The summed E-state index contributed by atoms with van der Waals surface area (Å²) in [5.41, 5.74) is 4.70. The minimum absolute atomic E-state index is 0.0682. The van der Waals surface area contributed by atoms with Gasteiger partial charge in [0.15, 0.2) is 11.2 Å². The summed E-state index contributed by atoms with van der Waals surface area (Å²) in [6, 6.07) is 29.7. The lowest BCUT2D eigenvalue weighted by Gasteiger charge is -2.22. The van der Waals surface area contributed by atoms with E-state index in [1.807, 2.05) is 42.5 Å². The van der Waals surface area contributed by atoms with Crippen LogP contribution in [0.2, 0.25) is 0 Å². The molecule has 0 N–H and O–H groups in total. The van der Waals surface area contributed by atoms with Crippen LogP contribution in [0.5, 0.6) is 0 Å². The molecule has 1 aromatic heterocycles. The molecule has 0 saturated carbocycles. The molecule has 0 aliphatic carbocycles. The fourth-order valence-corrected chi connectivity index (χ4v) is 5.22. The van der Waals surface area contributed by atoms with E-state index in [4.69, 9.17) is 4.42 Å². The van der Waals surface area contributed by atoms with Crippen molar-refractivity contribution in [1.82, 2.24) is 0 Å². The zero-order chi connectivity index (χ0) is 23.8. The Labute approximate surface area is 203 Å². The van der Waals surface area contributed by atoms with Gasteiger partial charge in [-0.05, 0) is 52.6 Å². The number of ketones is 1. The highest BCUT2D eigenvalue weighted by atomic mass is 16.3. The second kappa shape index (κ2) is 8.88. The molecule has 35 heavy (non-hydrogen) atoms. The molecule has 4 nitrogen and oxygen atoms in total. The molecule has 1 aliphatic rings. The summed E-state index contributed by atoms with van der Waals surface area (Å²) < 4.78 is 5.52. The van der Waals surface area contributed by atoms with Crippen molar-refractivity contribution in [2.45, 2.75) is 18.8 Å². The van der Waals surface area contributed by atoms with E-state index in [9.17, 15) is 9.59 Å². The van der Waals surface area contributed by atoms with Crippen LogP contribution in [0.25, 0.3) is 21.7 Å². The molecule has 0 spiro atoms. The maximum Gasteiger partial charge on any atom is 0.192 e. The molecule has 1 fully saturated rings. The SMILES string of the molecule is O=C(Cc1ccccc1N1CCC(c2ccccc2)C1)c1ccc2cc3c(=O)ccoc3cc2c1. The monoisotopic (exact) mass is 459 g/mol. The van der Waals surface area contributed by atoms with Gasteiger partial charge in [0.1, 0.15) is 5.58 Å². The molecule has 1 atom stereocenters. The third kappa shape index (κ3) is 4.12. The molecule has 172 valence electrons. The van der Waals surface area contributed by atoms with Crippen LogP contribution in [0.3, 0.4) is 0 Å². The van der Waals surface area contributed by atoms with Crippen molar-refractivity contribution >= 4 is 33.2 Å². The molecular formula is C31H25NO3. The topological polar surface area (TPSA) is 50.5 Å². The smallest absolute Gasteiger partial charge is 0.192 e. The summed E-state index contributed by atoms with van der Waals surface area (Å²) in [5, 5.41) is 2.35. The molecule has 4 heteroatoms. The van der Waals surface area contributed by atoms with Gasteiger partial charge in [-0.1, -0.05) is 60.7 Å². The van der Waals surface area contributed by atoms with Gasteiger partial charge < -0.3 is 9.32 Å². The highest BCUT2D eigenvalue weighted by molar-refractivity contribution is 6.03. The molecule has 5 aromatic rings. The standard InChI is InChI=1S/C31H25NO3/c33-29-13-15-35-31-19-26-16-24(11-10-22(26)17-27(29)31)30(34)18-23-8-4-5-9-28(23)32-14-12-25(20-32)21-6-2-1-3-7-21/h1-11,13,15-17,19,25H,12,14,18,20H2. The number of carbonyl (C=O) groups is 1. The van der Waals surface area contributed by atoms with Gasteiger partial charge >= 0.3 is 0 Å². The minimum Gasteiger partial charge on any atom is -0.464 e. The number of Topliss-reactive ketones (excluding diaryl/α,β-unsaturated/α-hetero) is 1. The van der Waals surface area contributed by atoms with Crippen LogP contribution in [0.4, 0.5) is 5.69 Å². The summed E-state index contributed by atoms with van der Waals surface area (Å²) in [6.07, 6.45) is 2.86. The van der Waals surface area contributed by atoms with Crippen molar-refractivity contribution < 1.29 is 9.21 Å². The van der Waals surface area contributed by atoms with Crippen LogP contribution < -0.4 is 10.3 Å². The van der Waals surface area contributed by atoms with E-state index in [1.165, 1.54) is 17.9 Å². The number of hydrogen-bond donors (Lipinski definition) is 0. The third-order valence-electron chi connectivity index (χ3n) is 7.08. The van der Waals surface area contributed by atoms with Crippen molar-refractivity contribution in [1.29, 1.82) is 0 Å². The second-order valence-corrected chi connectivity index (χ2v) is 9.27. The van der Waals surface area contributed by atoms with Crippen LogP contribution in [0, 0.1) is 0 Å². The lowest BCUT2D eigenvalue weighted by atomic mass is 9.97. The summed E-state index contributed by atoms with van der Waals surface area (Å²) >= 11 is 0. The first-order valence-corrected chi connectivity index (χ1v) is 12.0. The number of nitrogens with zero attached hydrogens (tertiary/aromatic N) is 1. The van der Waals surface area contributed by atoms with E-state index in [-0.39, 0.29) is 11.2 Å². The predicted octanol–water partition coefficient (Wildman–Crippen LogP) is 6.37. The summed E-state index contributed by atoms with van der Waals surface area (Å²) in [5.74, 6) is 0.586. The normalized spacial score (nSPS) is 15.7. The molecule has 1 saturated heterocycles. The molecule has 1 aliphatic heterocycles. The van der Waals surface area contributed by atoms with E-state index in [0.717, 1.165) is 41.5 Å². The molecular weight excluding hydrogens is 434 g/mol. The van der Waals surface area contributed by atoms with E-state index >= 15 is 0 Å². The van der Waals surface area contributed by atoms with Gasteiger partial charge in [0, 0.05) is 42.7 Å². The van der Waals surface area contributed by atoms with Gasteiger partial charge in [0.05, 0.1) is 11.6 Å². The zero-order valence-electron chi connectivity index (χ0n) is 19.3. The Bertz CT molecular complexity index is 1600. The third-order valence-corrected chi connectivity index (χ3v) is 7.08. The van der Waals surface area contributed by atoms with E-state index in [2.05, 4.69) is 47.4 Å². The Balaban J connectivity index is 1.26. The largest absolute Gasteiger partial charge is 0.464 e. The van der Waals surface area contributed by atoms with Gasteiger partial charge in [-0.25, -0.2) is 0 Å². The lowest BCUT2D eigenvalue weighted by molar-refractivity contribution is 0.0993. The summed E-state index contributed by atoms with van der Waals surface area (Å²) in [6.45, 7) is 1.95. The molecule has 2 heterocycles. The zero-order valence-corrected chi connectivity index (χ0v) is 19.3. The fraction of sp³-hybridized carbons (Fsp3) is 0.161. The fourth-order valence-electron chi connectivity index (χ4n) is 5.22. The first-order chi connectivity index (χ1) is 17.2. The number of benzene rings is 4. The number of hydrogen-bond acceptors (Lipinski definition) is 4. The number of anilines is 1. The maximum absolute atomic E-state index is 13.3. The van der Waals surface area contributed by atoms with Crippen molar-refractivity contribution in [3.05, 3.63) is 124 Å². The van der Waals surface area contributed by atoms with Gasteiger partial charge in [0.25, 0.3) is 0 Å². The first-order valence-electron chi connectivity index (χ1n) is 12.0. The Morgan fingerprint density at radius 2 is 1.71 bits per heavy atom. The predicted molar refractivity (Wildman–Crippen MR) is 140 cm³/mol. The van der Waals surface area contributed by atoms with Gasteiger partial charge in [-0.2, -0.15) is 0 Å². The van der Waals surface area contributed by atoms with E-state index in [1.54, 1.807) is 0 Å². The Morgan fingerprint density at radius 3 is 2.60 bits per heavy atom. The van der Waals surface area contributed by atoms with Gasteiger partial charge in [-0.3, -0.25) is 9.59 Å². The Kier molecular flexibility index (Phi) is 5.42. The maximum atomic E-state index is 13.3. The van der Waals surface area contributed by atoms with Crippen LogP contribution >= 0.6 is 0 Å². The summed E-state index contributed by atoms with van der Waals surface area (Å²) in [7, 11) is 0. The van der Waals surface area contributed by atoms with E-state index < -0.39 is 0 Å². The second-order valence-electron chi connectivity index (χ2n) is 9.27. The molecule has 0 bridgehead atoms. The van der Waals surface area contributed by atoms with Crippen LogP contribution in [-0.2, 0) is 6.42 Å². The number of rotatable bonds is 5.